The molecule has 0 heterocycles. The van der Waals surface area contributed by atoms with Crippen LogP contribution in [0.15, 0.2) is 48.6 Å². The van der Waals surface area contributed by atoms with E-state index < -0.39 is 0 Å². The molecule has 0 aromatic heterocycles. The Morgan fingerprint density at radius 1 is 0.412 bits per heavy atom. The molecule has 0 aliphatic carbocycles. The first-order valence-corrected chi connectivity index (χ1v) is 15.3. The first kappa shape index (κ1) is 33.0. The van der Waals surface area contributed by atoms with Gasteiger partial charge in [-0.2, -0.15) is 0 Å². The molecule has 0 saturated carbocycles. The maximum Gasteiger partial charge on any atom is -0.0169 e. The summed E-state index contributed by atoms with van der Waals surface area (Å²) in [6, 6.07) is 0. The molecule has 0 heteroatoms. The van der Waals surface area contributed by atoms with Crippen LogP contribution in [0.4, 0.5) is 0 Å². The van der Waals surface area contributed by atoms with Gasteiger partial charge in [0.25, 0.3) is 0 Å². The largest absolute Gasteiger partial charge is 0.0882 e. The van der Waals surface area contributed by atoms with Crippen LogP contribution in [0, 0.1) is 11.8 Å². The zero-order chi connectivity index (χ0) is 25.0. The quantitative estimate of drug-likeness (QED) is 0.0918. The molecule has 0 aromatic rings. The second-order valence-electron chi connectivity index (χ2n) is 10.6. The van der Waals surface area contributed by atoms with E-state index in [0.717, 1.165) is 24.7 Å². The summed E-state index contributed by atoms with van der Waals surface area (Å²) in [5, 5.41) is 0. The normalized spacial score (nSPS) is 12.8. The monoisotopic (exact) mass is 470 g/mol. The number of hydrogen-bond acceptors (Lipinski definition) is 0. The van der Waals surface area contributed by atoms with Crippen molar-refractivity contribution in [3.8, 4) is 0 Å². The lowest BCUT2D eigenvalue weighted by Gasteiger charge is -2.19. The molecule has 0 nitrogen and oxygen atoms in total. The molecule has 0 aliphatic heterocycles. The molecule has 0 aromatic carbocycles. The van der Waals surface area contributed by atoms with Crippen molar-refractivity contribution in [1.29, 1.82) is 0 Å². The van der Waals surface area contributed by atoms with Gasteiger partial charge in [-0.05, 0) is 76.0 Å². The van der Waals surface area contributed by atoms with Gasteiger partial charge < -0.3 is 0 Å². The van der Waals surface area contributed by atoms with Crippen molar-refractivity contribution < 1.29 is 0 Å². The van der Waals surface area contributed by atoms with Crippen molar-refractivity contribution in [3.63, 3.8) is 0 Å². The predicted molar refractivity (Wildman–Crippen MR) is 159 cm³/mol. The van der Waals surface area contributed by atoms with Crippen LogP contribution < -0.4 is 0 Å². The Bertz CT molecular complexity index is 448. The maximum absolute atomic E-state index is 2.41. The van der Waals surface area contributed by atoms with Crippen LogP contribution >= 0.6 is 0 Å². The average Bonchev–Trinajstić information content (AvgIpc) is 2.83. The molecule has 0 unspecified atom stereocenters. The Balaban J connectivity index is 3.72. The molecule has 0 fully saturated rings. The lowest BCUT2D eigenvalue weighted by atomic mass is 9.87. The summed E-state index contributed by atoms with van der Waals surface area (Å²) in [7, 11) is 0. The topological polar surface area (TPSA) is 0 Å². The van der Waals surface area contributed by atoms with E-state index in [1.807, 2.05) is 0 Å². The summed E-state index contributed by atoms with van der Waals surface area (Å²) in [6.07, 6.45) is 45.7. The highest BCUT2D eigenvalue weighted by atomic mass is 14.2. The Morgan fingerprint density at radius 3 is 1.15 bits per heavy atom. The molecule has 0 radical (unpaired) electrons. The Hall–Kier alpha value is -1.04. The van der Waals surface area contributed by atoms with Crippen LogP contribution in [0.2, 0.25) is 0 Å². The van der Waals surface area contributed by atoms with E-state index in [9.17, 15) is 0 Å². The highest BCUT2D eigenvalue weighted by Crippen LogP contribution is 2.23. The fraction of sp³-hybridized carbons (Fsp3) is 0.765. The van der Waals surface area contributed by atoms with Gasteiger partial charge in [0.05, 0.1) is 0 Å². The molecule has 198 valence electrons. The molecule has 0 N–H and O–H groups in total. The van der Waals surface area contributed by atoms with Gasteiger partial charge in [-0.25, -0.2) is 0 Å². The zero-order valence-electron chi connectivity index (χ0n) is 23.9. The lowest BCUT2D eigenvalue weighted by Crippen LogP contribution is -2.07. The average molecular weight is 471 g/mol. The van der Waals surface area contributed by atoms with Crippen LogP contribution in [0.25, 0.3) is 0 Å². The van der Waals surface area contributed by atoms with Gasteiger partial charge in [-0.1, -0.05) is 141 Å². The highest BCUT2D eigenvalue weighted by molar-refractivity contribution is 4.94. The first-order chi connectivity index (χ1) is 16.7. The van der Waals surface area contributed by atoms with E-state index in [-0.39, 0.29) is 0 Å². The third-order valence-electron chi connectivity index (χ3n) is 7.01. The van der Waals surface area contributed by atoms with Gasteiger partial charge in [0.1, 0.15) is 0 Å². The van der Waals surface area contributed by atoms with Gasteiger partial charge in [0, 0.05) is 0 Å². The van der Waals surface area contributed by atoms with E-state index in [1.165, 1.54) is 116 Å². The Labute approximate surface area is 216 Å². The van der Waals surface area contributed by atoms with E-state index in [4.69, 9.17) is 0 Å². The van der Waals surface area contributed by atoms with Gasteiger partial charge in [-0.3, -0.25) is 0 Å². The van der Waals surface area contributed by atoms with Crippen molar-refractivity contribution in [2.24, 2.45) is 11.8 Å². The minimum atomic E-state index is 0.788. The van der Waals surface area contributed by atoms with E-state index in [1.54, 1.807) is 0 Å². The second-order valence-corrected chi connectivity index (χ2v) is 10.6. The fourth-order valence-electron chi connectivity index (χ4n) is 4.53. The summed E-state index contributed by atoms with van der Waals surface area (Å²) in [6.45, 7) is 9.37. The smallest absolute Gasteiger partial charge is 0.0169 e. The zero-order valence-corrected chi connectivity index (χ0v) is 23.9. The van der Waals surface area contributed by atoms with Gasteiger partial charge in [0.15, 0.2) is 0 Å². The Morgan fingerprint density at radius 2 is 0.765 bits per heavy atom. The molecular weight excluding hydrogens is 408 g/mol. The first-order valence-electron chi connectivity index (χ1n) is 15.3. The number of hydrogen-bond donors (Lipinski definition) is 0. The van der Waals surface area contributed by atoms with E-state index >= 15 is 0 Å². The van der Waals surface area contributed by atoms with Gasteiger partial charge in [0.2, 0.25) is 0 Å². The van der Waals surface area contributed by atoms with Gasteiger partial charge >= 0.3 is 0 Å². The molecule has 0 amide bonds. The van der Waals surface area contributed by atoms with Crippen molar-refractivity contribution in [2.45, 2.75) is 156 Å². The molecule has 0 saturated heterocycles. The fourth-order valence-corrected chi connectivity index (χ4v) is 4.53. The minimum absolute atomic E-state index is 0.788. The Kier molecular flexibility index (Phi) is 27.3. The van der Waals surface area contributed by atoms with Crippen LogP contribution in [0.3, 0.4) is 0 Å². The molecule has 0 spiro atoms. The number of unbranched alkanes of at least 4 members (excludes halogenated alkanes) is 12. The van der Waals surface area contributed by atoms with Gasteiger partial charge in [-0.15, -0.1) is 0 Å². The van der Waals surface area contributed by atoms with Crippen LogP contribution in [-0.4, -0.2) is 0 Å². The number of rotatable bonds is 25. The standard InChI is InChI=1S/C34H62/c1-5-7-9-11-13-15-17-19-21-23-25-27-29-31-34(33(3)4)32-30-28-26-24-22-20-18-16-14-12-10-8-6-2/h19-22,25-28,33-34H,5-18,23-24,29-32H2,1-4H3/b21-19+,22-20+,27-25+,28-26+. The van der Waals surface area contributed by atoms with Crippen LogP contribution in [-0.2, 0) is 0 Å². The predicted octanol–water partition coefficient (Wildman–Crippen LogP) is 12.3. The van der Waals surface area contributed by atoms with E-state index in [2.05, 4.69) is 76.3 Å². The third-order valence-corrected chi connectivity index (χ3v) is 7.01. The SMILES string of the molecule is CCCCCCCC/C=C/C/C=C/CCC(CC/C=C/C/C=C/CCCCCCCC)C(C)C. The molecule has 0 atom stereocenters. The lowest BCUT2D eigenvalue weighted by molar-refractivity contribution is 0.341. The summed E-state index contributed by atoms with van der Waals surface area (Å²) in [5.41, 5.74) is 0. The van der Waals surface area contributed by atoms with Crippen molar-refractivity contribution >= 4 is 0 Å². The molecule has 0 bridgehead atoms. The third kappa shape index (κ3) is 25.6. The van der Waals surface area contributed by atoms with Crippen LogP contribution in [0.5, 0.6) is 0 Å². The molecule has 0 aliphatic rings. The summed E-state index contributed by atoms with van der Waals surface area (Å²) >= 11 is 0. The molecule has 0 rings (SSSR count). The summed E-state index contributed by atoms with van der Waals surface area (Å²) in [5.74, 6) is 1.64. The van der Waals surface area contributed by atoms with Crippen molar-refractivity contribution in [3.05, 3.63) is 48.6 Å². The molecular formula is C34H62. The van der Waals surface area contributed by atoms with Crippen molar-refractivity contribution in [2.75, 3.05) is 0 Å². The van der Waals surface area contributed by atoms with Crippen molar-refractivity contribution in [1.82, 2.24) is 0 Å². The van der Waals surface area contributed by atoms with E-state index in [0.29, 0.717) is 0 Å². The maximum atomic E-state index is 2.41. The summed E-state index contributed by atoms with van der Waals surface area (Å²) in [4.78, 5) is 0. The highest BCUT2D eigenvalue weighted by Gasteiger charge is 2.11. The summed E-state index contributed by atoms with van der Waals surface area (Å²) < 4.78 is 0. The minimum Gasteiger partial charge on any atom is -0.0882 e. The van der Waals surface area contributed by atoms with Crippen LogP contribution in [0.1, 0.15) is 156 Å². The molecule has 34 heavy (non-hydrogen) atoms. The number of allylic oxidation sites excluding steroid dienone is 8. The second kappa shape index (κ2) is 28.2.